The maximum Gasteiger partial charge on any atom is 0.251 e. The second-order valence-corrected chi connectivity index (χ2v) is 6.83. The lowest BCUT2D eigenvalue weighted by atomic mass is 10.1. The smallest absolute Gasteiger partial charge is 0.251 e. The standard InChI is InChI=1S/C20H27N3O2/c1-21-20(25)17-9-6-16(7-10-17)8-11-19(24)23-14-12-22(13-15-23)18-4-2-3-5-18/h6-11,18H,2-5,12-15H2,1H3,(H,21,25)/b11-8+. The maximum atomic E-state index is 12.4. The minimum absolute atomic E-state index is 0.0708. The molecule has 2 amide bonds. The number of piperazine rings is 1. The Labute approximate surface area is 149 Å². The number of carbonyl (C=O) groups excluding carboxylic acids is 2. The molecular weight excluding hydrogens is 314 g/mol. The Hall–Kier alpha value is -2.14. The SMILES string of the molecule is CNC(=O)c1ccc(/C=C/C(=O)N2CCN(C3CCCC3)CC2)cc1. The molecule has 1 N–H and O–H groups in total. The van der Waals surface area contributed by atoms with E-state index in [1.165, 1.54) is 25.7 Å². The molecule has 5 nitrogen and oxygen atoms in total. The summed E-state index contributed by atoms with van der Waals surface area (Å²) in [7, 11) is 1.61. The zero-order valence-corrected chi connectivity index (χ0v) is 14.9. The van der Waals surface area contributed by atoms with Gasteiger partial charge in [0.2, 0.25) is 5.91 Å². The van der Waals surface area contributed by atoms with Crippen LogP contribution in [0.5, 0.6) is 0 Å². The van der Waals surface area contributed by atoms with Crippen LogP contribution in [0, 0.1) is 0 Å². The van der Waals surface area contributed by atoms with Gasteiger partial charge >= 0.3 is 0 Å². The summed E-state index contributed by atoms with van der Waals surface area (Å²) in [5.41, 5.74) is 1.54. The van der Waals surface area contributed by atoms with Crippen molar-refractivity contribution >= 4 is 17.9 Å². The van der Waals surface area contributed by atoms with Crippen LogP contribution < -0.4 is 5.32 Å². The number of amides is 2. The predicted octanol–water partition coefficient (Wildman–Crippen LogP) is 2.15. The van der Waals surface area contributed by atoms with Crippen LogP contribution in [0.25, 0.3) is 6.08 Å². The van der Waals surface area contributed by atoms with Gasteiger partial charge in [0, 0.05) is 50.9 Å². The molecule has 1 saturated carbocycles. The quantitative estimate of drug-likeness (QED) is 0.854. The van der Waals surface area contributed by atoms with Crippen LogP contribution in [-0.4, -0.2) is 60.9 Å². The zero-order chi connectivity index (χ0) is 17.6. The molecule has 25 heavy (non-hydrogen) atoms. The molecule has 0 bridgehead atoms. The molecule has 0 radical (unpaired) electrons. The van der Waals surface area contributed by atoms with Gasteiger partial charge in [-0.25, -0.2) is 0 Å². The molecule has 5 heteroatoms. The van der Waals surface area contributed by atoms with E-state index in [-0.39, 0.29) is 11.8 Å². The fourth-order valence-electron chi connectivity index (χ4n) is 3.74. The second kappa shape index (κ2) is 8.30. The second-order valence-electron chi connectivity index (χ2n) is 6.83. The van der Waals surface area contributed by atoms with Crippen molar-refractivity contribution in [1.29, 1.82) is 0 Å². The Morgan fingerprint density at radius 1 is 1.04 bits per heavy atom. The van der Waals surface area contributed by atoms with Gasteiger partial charge in [-0.1, -0.05) is 25.0 Å². The number of nitrogens with one attached hydrogen (secondary N) is 1. The van der Waals surface area contributed by atoms with Crippen LogP contribution in [0.2, 0.25) is 0 Å². The van der Waals surface area contributed by atoms with Gasteiger partial charge in [0.25, 0.3) is 5.91 Å². The number of carbonyl (C=O) groups is 2. The topological polar surface area (TPSA) is 52.7 Å². The van der Waals surface area contributed by atoms with E-state index in [9.17, 15) is 9.59 Å². The van der Waals surface area contributed by atoms with Crippen LogP contribution in [0.3, 0.4) is 0 Å². The van der Waals surface area contributed by atoms with Crippen molar-refractivity contribution < 1.29 is 9.59 Å². The first-order valence-electron chi connectivity index (χ1n) is 9.20. The van der Waals surface area contributed by atoms with Crippen LogP contribution in [0.15, 0.2) is 30.3 Å². The summed E-state index contributed by atoms with van der Waals surface area (Å²) in [5.74, 6) is -0.0341. The van der Waals surface area contributed by atoms with Crippen LogP contribution in [-0.2, 0) is 4.79 Å². The summed E-state index contributed by atoms with van der Waals surface area (Å²) in [4.78, 5) is 28.4. The highest BCUT2D eigenvalue weighted by Crippen LogP contribution is 2.24. The number of benzene rings is 1. The van der Waals surface area contributed by atoms with Crippen molar-refractivity contribution in [3.05, 3.63) is 41.5 Å². The van der Waals surface area contributed by atoms with E-state index < -0.39 is 0 Å². The molecule has 0 unspecified atom stereocenters. The summed E-state index contributed by atoms with van der Waals surface area (Å²) in [6.07, 6.45) is 8.80. The van der Waals surface area contributed by atoms with Crippen molar-refractivity contribution in [3.8, 4) is 0 Å². The fourth-order valence-corrected chi connectivity index (χ4v) is 3.74. The Morgan fingerprint density at radius 3 is 2.28 bits per heavy atom. The molecule has 0 atom stereocenters. The lowest BCUT2D eigenvalue weighted by molar-refractivity contribution is -0.127. The van der Waals surface area contributed by atoms with Crippen LogP contribution in [0.4, 0.5) is 0 Å². The maximum absolute atomic E-state index is 12.4. The average Bonchev–Trinajstić information content (AvgIpc) is 3.21. The van der Waals surface area contributed by atoms with Gasteiger partial charge in [-0.2, -0.15) is 0 Å². The monoisotopic (exact) mass is 341 g/mol. The molecule has 1 aliphatic carbocycles. The molecule has 0 spiro atoms. The van der Waals surface area contributed by atoms with E-state index in [2.05, 4.69) is 10.2 Å². The molecule has 3 rings (SSSR count). The van der Waals surface area contributed by atoms with Gasteiger partial charge in [-0.05, 0) is 36.6 Å². The summed E-state index contributed by atoms with van der Waals surface area (Å²) in [6, 6.07) is 7.98. The summed E-state index contributed by atoms with van der Waals surface area (Å²) >= 11 is 0. The lowest BCUT2D eigenvalue weighted by Gasteiger charge is -2.37. The highest BCUT2D eigenvalue weighted by molar-refractivity contribution is 5.94. The Kier molecular flexibility index (Phi) is 5.87. The number of rotatable bonds is 4. The zero-order valence-electron chi connectivity index (χ0n) is 14.9. The van der Waals surface area contributed by atoms with E-state index in [4.69, 9.17) is 0 Å². The lowest BCUT2D eigenvalue weighted by Crippen LogP contribution is -2.51. The van der Waals surface area contributed by atoms with E-state index >= 15 is 0 Å². The average molecular weight is 341 g/mol. The van der Waals surface area contributed by atoms with E-state index in [1.807, 2.05) is 23.1 Å². The molecule has 1 aromatic carbocycles. The first-order valence-corrected chi connectivity index (χ1v) is 9.20. The fraction of sp³-hybridized carbons (Fsp3) is 0.500. The Bertz CT molecular complexity index is 625. The molecule has 1 heterocycles. The first kappa shape index (κ1) is 17.7. The molecule has 1 aliphatic heterocycles. The normalized spacial score (nSPS) is 19.5. The van der Waals surface area contributed by atoms with Gasteiger partial charge in [0.05, 0.1) is 0 Å². The van der Waals surface area contributed by atoms with E-state index in [0.717, 1.165) is 37.8 Å². The van der Waals surface area contributed by atoms with Crippen LogP contribution >= 0.6 is 0 Å². The van der Waals surface area contributed by atoms with Gasteiger partial charge in [-0.15, -0.1) is 0 Å². The third-order valence-electron chi connectivity index (χ3n) is 5.29. The molecule has 2 aliphatic rings. The molecular formula is C20H27N3O2. The van der Waals surface area contributed by atoms with Crippen molar-refractivity contribution in [1.82, 2.24) is 15.1 Å². The van der Waals surface area contributed by atoms with Crippen LogP contribution in [0.1, 0.15) is 41.6 Å². The highest BCUT2D eigenvalue weighted by atomic mass is 16.2. The molecule has 2 fully saturated rings. The largest absolute Gasteiger partial charge is 0.355 e. The summed E-state index contributed by atoms with van der Waals surface area (Å²) < 4.78 is 0. The van der Waals surface area contributed by atoms with E-state index in [0.29, 0.717) is 5.56 Å². The van der Waals surface area contributed by atoms with Gasteiger partial charge in [0.15, 0.2) is 0 Å². The summed E-state index contributed by atoms with van der Waals surface area (Å²) in [6.45, 7) is 3.61. The summed E-state index contributed by atoms with van der Waals surface area (Å²) in [5, 5.41) is 2.60. The van der Waals surface area contributed by atoms with Crippen molar-refractivity contribution in [2.75, 3.05) is 33.2 Å². The predicted molar refractivity (Wildman–Crippen MR) is 99.3 cm³/mol. The minimum Gasteiger partial charge on any atom is -0.355 e. The van der Waals surface area contributed by atoms with Gasteiger partial charge < -0.3 is 10.2 Å². The molecule has 1 aromatic rings. The Balaban J connectivity index is 1.50. The molecule has 0 aromatic heterocycles. The number of hydrogen-bond donors (Lipinski definition) is 1. The number of hydrogen-bond acceptors (Lipinski definition) is 3. The third-order valence-corrected chi connectivity index (χ3v) is 5.29. The third kappa shape index (κ3) is 4.48. The van der Waals surface area contributed by atoms with Crippen molar-refractivity contribution in [2.24, 2.45) is 0 Å². The van der Waals surface area contributed by atoms with Gasteiger partial charge in [0.1, 0.15) is 0 Å². The van der Waals surface area contributed by atoms with Gasteiger partial charge in [-0.3, -0.25) is 14.5 Å². The number of nitrogens with zero attached hydrogens (tertiary/aromatic N) is 2. The first-order chi connectivity index (χ1) is 12.2. The molecule has 1 saturated heterocycles. The Morgan fingerprint density at radius 2 is 1.68 bits per heavy atom. The minimum atomic E-state index is -0.105. The van der Waals surface area contributed by atoms with Crippen molar-refractivity contribution in [2.45, 2.75) is 31.7 Å². The molecule has 134 valence electrons. The van der Waals surface area contributed by atoms with Crippen molar-refractivity contribution in [3.63, 3.8) is 0 Å². The highest BCUT2D eigenvalue weighted by Gasteiger charge is 2.27. The van der Waals surface area contributed by atoms with E-state index in [1.54, 1.807) is 25.3 Å².